The van der Waals surface area contributed by atoms with Crippen LogP contribution in [0, 0.1) is 10.1 Å². The third-order valence-electron chi connectivity index (χ3n) is 4.92. The van der Waals surface area contributed by atoms with Crippen molar-refractivity contribution in [3.63, 3.8) is 0 Å². The number of hydrogen-bond donors (Lipinski definition) is 1. The van der Waals surface area contributed by atoms with Crippen molar-refractivity contribution in [3.05, 3.63) is 94.5 Å². The number of ether oxygens (including phenoxy) is 1. The van der Waals surface area contributed by atoms with E-state index in [1.165, 1.54) is 24.3 Å². The van der Waals surface area contributed by atoms with Crippen molar-refractivity contribution in [2.24, 2.45) is 0 Å². The lowest BCUT2D eigenvalue weighted by molar-refractivity contribution is -0.384. The molecular formula is C25H21N3O4. The van der Waals surface area contributed by atoms with Crippen LogP contribution in [0.5, 0.6) is 5.75 Å². The Morgan fingerprint density at radius 1 is 1.03 bits per heavy atom. The quantitative estimate of drug-likeness (QED) is 0.295. The number of non-ortho nitro benzene ring substituents is 1. The van der Waals surface area contributed by atoms with E-state index in [4.69, 9.17) is 9.72 Å². The zero-order valence-corrected chi connectivity index (χ0v) is 17.4. The first-order valence-corrected chi connectivity index (χ1v) is 10.2. The van der Waals surface area contributed by atoms with Gasteiger partial charge in [-0.1, -0.05) is 25.1 Å². The van der Waals surface area contributed by atoms with Gasteiger partial charge in [0.05, 0.1) is 28.3 Å². The predicted octanol–water partition coefficient (Wildman–Crippen LogP) is 5.85. The van der Waals surface area contributed by atoms with Crippen molar-refractivity contribution < 1.29 is 14.5 Å². The molecule has 0 spiro atoms. The van der Waals surface area contributed by atoms with Gasteiger partial charge in [-0.05, 0) is 55.0 Å². The number of para-hydroxylation sites is 1. The number of aromatic nitrogens is 1. The van der Waals surface area contributed by atoms with E-state index in [9.17, 15) is 14.9 Å². The molecule has 4 aromatic rings. The van der Waals surface area contributed by atoms with Gasteiger partial charge in [0, 0.05) is 28.8 Å². The van der Waals surface area contributed by atoms with Crippen LogP contribution in [0.1, 0.15) is 23.7 Å². The first kappa shape index (κ1) is 21.0. The Morgan fingerprint density at radius 3 is 2.44 bits per heavy atom. The summed E-state index contributed by atoms with van der Waals surface area (Å²) < 4.78 is 5.64. The number of hydrogen-bond acceptors (Lipinski definition) is 5. The van der Waals surface area contributed by atoms with Crippen molar-refractivity contribution in [3.8, 4) is 17.0 Å². The topological polar surface area (TPSA) is 94.4 Å². The average molecular weight is 427 g/mol. The number of carbonyl (C=O) groups is 1. The van der Waals surface area contributed by atoms with Crippen molar-refractivity contribution in [1.29, 1.82) is 0 Å². The fourth-order valence-corrected chi connectivity index (χ4v) is 3.32. The fourth-order valence-electron chi connectivity index (χ4n) is 3.32. The molecule has 0 atom stereocenters. The van der Waals surface area contributed by atoms with Gasteiger partial charge >= 0.3 is 0 Å². The van der Waals surface area contributed by atoms with E-state index in [0.717, 1.165) is 23.1 Å². The molecule has 0 radical (unpaired) electrons. The predicted molar refractivity (Wildman–Crippen MR) is 124 cm³/mol. The molecule has 0 saturated carbocycles. The standard InChI is InChI=1S/C25H21N3O4/c1-2-15-32-20-13-7-17(8-14-20)24-16-22(21-5-3-4-6-23(21)27-24)25(29)26-18-9-11-19(12-10-18)28(30)31/h3-14,16H,2,15H2,1H3,(H,26,29). The van der Waals surface area contributed by atoms with Crippen LogP contribution in [-0.4, -0.2) is 22.4 Å². The van der Waals surface area contributed by atoms with Crippen LogP contribution in [0.2, 0.25) is 0 Å². The smallest absolute Gasteiger partial charge is 0.269 e. The molecule has 3 aromatic carbocycles. The van der Waals surface area contributed by atoms with E-state index in [0.29, 0.717) is 29.1 Å². The number of fused-ring (bicyclic) bond motifs is 1. The van der Waals surface area contributed by atoms with E-state index in [1.807, 2.05) is 48.5 Å². The average Bonchev–Trinajstić information content (AvgIpc) is 2.82. The number of nitrogens with one attached hydrogen (secondary N) is 1. The minimum Gasteiger partial charge on any atom is -0.494 e. The number of pyridine rings is 1. The molecular weight excluding hydrogens is 406 g/mol. The van der Waals surface area contributed by atoms with Gasteiger partial charge in [-0.2, -0.15) is 0 Å². The normalized spacial score (nSPS) is 10.7. The van der Waals surface area contributed by atoms with E-state index in [2.05, 4.69) is 12.2 Å². The summed E-state index contributed by atoms with van der Waals surface area (Å²) in [5.41, 5.74) is 3.13. The molecule has 1 N–H and O–H groups in total. The lowest BCUT2D eigenvalue weighted by Gasteiger charge is -2.11. The molecule has 0 saturated heterocycles. The second kappa shape index (κ2) is 9.26. The minimum absolute atomic E-state index is 0.0361. The van der Waals surface area contributed by atoms with Crippen molar-refractivity contribution in [2.45, 2.75) is 13.3 Å². The summed E-state index contributed by atoms with van der Waals surface area (Å²) in [6.07, 6.45) is 0.932. The second-order valence-corrected chi connectivity index (χ2v) is 7.20. The van der Waals surface area contributed by atoms with E-state index < -0.39 is 4.92 Å². The highest BCUT2D eigenvalue weighted by molar-refractivity contribution is 6.13. The van der Waals surface area contributed by atoms with Crippen molar-refractivity contribution in [1.82, 2.24) is 4.98 Å². The molecule has 0 aliphatic heterocycles. The molecule has 7 nitrogen and oxygen atoms in total. The number of nitro groups is 1. The highest BCUT2D eigenvalue weighted by atomic mass is 16.6. The van der Waals surface area contributed by atoms with Crippen LogP contribution >= 0.6 is 0 Å². The van der Waals surface area contributed by atoms with E-state index in [1.54, 1.807) is 6.07 Å². The summed E-state index contributed by atoms with van der Waals surface area (Å²) in [7, 11) is 0. The van der Waals surface area contributed by atoms with Crippen LogP contribution in [0.3, 0.4) is 0 Å². The molecule has 160 valence electrons. The minimum atomic E-state index is -0.479. The molecule has 1 heterocycles. The number of nitro benzene ring substituents is 1. The highest BCUT2D eigenvalue weighted by Crippen LogP contribution is 2.27. The van der Waals surface area contributed by atoms with Gasteiger partial charge in [0.1, 0.15) is 5.75 Å². The molecule has 32 heavy (non-hydrogen) atoms. The van der Waals surface area contributed by atoms with Crippen LogP contribution in [0.4, 0.5) is 11.4 Å². The maximum Gasteiger partial charge on any atom is 0.269 e. The third kappa shape index (κ3) is 4.57. The lowest BCUT2D eigenvalue weighted by Crippen LogP contribution is -2.13. The maximum atomic E-state index is 13.1. The summed E-state index contributed by atoms with van der Waals surface area (Å²) in [6, 6.07) is 22.5. The summed E-state index contributed by atoms with van der Waals surface area (Å²) in [6.45, 7) is 2.71. The van der Waals surface area contributed by atoms with Crippen molar-refractivity contribution in [2.75, 3.05) is 11.9 Å². The monoisotopic (exact) mass is 427 g/mol. The number of anilines is 1. The molecule has 1 aromatic heterocycles. The summed E-state index contributed by atoms with van der Waals surface area (Å²) in [4.78, 5) is 28.2. The van der Waals surface area contributed by atoms with Crippen LogP contribution in [0.25, 0.3) is 22.2 Å². The number of amides is 1. The Morgan fingerprint density at radius 2 is 1.75 bits per heavy atom. The number of nitrogens with zero attached hydrogens (tertiary/aromatic N) is 2. The summed E-state index contributed by atoms with van der Waals surface area (Å²) >= 11 is 0. The van der Waals surface area contributed by atoms with Gasteiger partial charge < -0.3 is 10.1 Å². The first-order chi connectivity index (χ1) is 15.5. The Hall–Kier alpha value is -4.26. The third-order valence-corrected chi connectivity index (χ3v) is 4.92. The Bertz CT molecular complexity index is 1270. The molecule has 0 aliphatic carbocycles. The molecule has 0 bridgehead atoms. The Labute approximate surface area is 184 Å². The molecule has 4 rings (SSSR count). The van der Waals surface area contributed by atoms with Gasteiger partial charge in [0.15, 0.2) is 0 Å². The number of carbonyl (C=O) groups excluding carboxylic acids is 1. The van der Waals surface area contributed by atoms with Gasteiger partial charge in [0.2, 0.25) is 0 Å². The lowest BCUT2D eigenvalue weighted by atomic mass is 10.0. The SMILES string of the molecule is CCCOc1ccc(-c2cc(C(=O)Nc3ccc([N+](=O)[O-])cc3)c3ccccc3n2)cc1. The summed E-state index contributed by atoms with van der Waals surface area (Å²) in [5.74, 6) is 0.467. The molecule has 1 amide bonds. The largest absolute Gasteiger partial charge is 0.494 e. The second-order valence-electron chi connectivity index (χ2n) is 7.20. The molecule has 0 unspecified atom stereocenters. The van der Waals surface area contributed by atoms with Gasteiger partial charge in [0.25, 0.3) is 11.6 Å². The van der Waals surface area contributed by atoms with Crippen molar-refractivity contribution >= 4 is 28.2 Å². The first-order valence-electron chi connectivity index (χ1n) is 10.2. The zero-order chi connectivity index (χ0) is 22.5. The van der Waals surface area contributed by atoms with E-state index >= 15 is 0 Å². The maximum absolute atomic E-state index is 13.1. The van der Waals surface area contributed by atoms with E-state index in [-0.39, 0.29) is 11.6 Å². The number of rotatable bonds is 7. The zero-order valence-electron chi connectivity index (χ0n) is 17.4. The van der Waals surface area contributed by atoms with Gasteiger partial charge in [-0.3, -0.25) is 14.9 Å². The fraction of sp³-hybridized carbons (Fsp3) is 0.120. The number of benzene rings is 3. The molecule has 0 fully saturated rings. The van der Waals surface area contributed by atoms with Gasteiger partial charge in [-0.25, -0.2) is 4.98 Å². The highest BCUT2D eigenvalue weighted by Gasteiger charge is 2.15. The van der Waals surface area contributed by atoms with Crippen LogP contribution in [-0.2, 0) is 0 Å². The van der Waals surface area contributed by atoms with Crippen LogP contribution in [0.15, 0.2) is 78.9 Å². The van der Waals surface area contributed by atoms with Gasteiger partial charge in [-0.15, -0.1) is 0 Å². The molecule has 0 aliphatic rings. The Balaban J connectivity index is 1.67. The molecule has 7 heteroatoms. The van der Waals surface area contributed by atoms with Crippen LogP contribution < -0.4 is 10.1 Å². The summed E-state index contributed by atoms with van der Waals surface area (Å²) in [5, 5.41) is 14.4. The Kier molecular flexibility index (Phi) is 6.07.